The van der Waals surface area contributed by atoms with E-state index >= 15 is 0 Å². The molecular weight excluding hydrogens is 278 g/mol. The summed E-state index contributed by atoms with van der Waals surface area (Å²) < 4.78 is 5.25. The van der Waals surface area contributed by atoms with E-state index in [-0.39, 0.29) is 25.1 Å². The van der Waals surface area contributed by atoms with E-state index in [9.17, 15) is 14.4 Å². The summed E-state index contributed by atoms with van der Waals surface area (Å²) in [4.78, 5) is 38.2. The zero-order valence-corrected chi connectivity index (χ0v) is 12.7. The number of carboxylic acid groups (broad SMARTS) is 1. The third-order valence-corrected chi connectivity index (χ3v) is 3.49. The van der Waals surface area contributed by atoms with Crippen molar-refractivity contribution in [3.63, 3.8) is 0 Å². The molecule has 1 heterocycles. The highest BCUT2D eigenvalue weighted by Gasteiger charge is 2.35. The van der Waals surface area contributed by atoms with Gasteiger partial charge >= 0.3 is 12.0 Å². The molecule has 0 aliphatic carbocycles. The molecule has 0 aromatic rings. The van der Waals surface area contributed by atoms with E-state index in [0.29, 0.717) is 19.7 Å². The Balaban J connectivity index is 2.80. The Kier molecular flexibility index (Phi) is 6.41. The number of morpholine rings is 1. The van der Waals surface area contributed by atoms with Crippen LogP contribution in [-0.2, 0) is 14.3 Å². The zero-order chi connectivity index (χ0) is 16.0. The maximum Gasteiger partial charge on any atom is 0.320 e. The fourth-order valence-corrected chi connectivity index (χ4v) is 2.15. The summed E-state index contributed by atoms with van der Waals surface area (Å²) in [6.07, 6.45) is 0. The van der Waals surface area contributed by atoms with Crippen LogP contribution in [0.15, 0.2) is 0 Å². The highest BCUT2D eigenvalue weighted by molar-refractivity contribution is 5.87. The summed E-state index contributed by atoms with van der Waals surface area (Å²) in [5, 5.41) is 11.5. The minimum Gasteiger partial charge on any atom is -0.481 e. The maximum atomic E-state index is 12.5. The van der Waals surface area contributed by atoms with Crippen molar-refractivity contribution >= 4 is 17.9 Å². The molecule has 0 spiro atoms. The second-order valence-corrected chi connectivity index (χ2v) is 4.96. The number of carbonyl (C=O) groups excluding carboxylic acids is 2. The Hall–Kier alpha value is -1.83. The predicted molar refractivity (Wildman–Crippen MR) is 74.8 cm³/mol. The van der Waals surface area contributed by atoms with Gasteiger partial charge in [-0.2, -0.15) is 0 Å². The number of nitrogens with zero attached hydrogens (tertiary/aromatic N) is 2. The molecule has 2 unspecified atom stereocenters. The lowest BCUT2D eigenvalue weighted by molar-refractivity contribution is -0.141. The molecule has 0 saturated carbocycles. The van der Waals surface area contributed by atoms with Gasteiger partial charge in [-0.05, 0) is 6.92 Å². The van der Waals surface area contributed by atoms with Gasteiger partial charge in [-0.3, -0.25) is 9.59 Å². The third-order valence-electron chi connectivity index (χ3n) is 3.49. The highest BCUT2D eigenvalue weighted by atomic mass is 16.5. The quantitative estimate of drug-likeness (QED) is 0.719. The Morgan fingerprint density at radius 3 is 2.67 bits per heavy atom. The number of amides is 3. The molecule has 0 aromatic carbocycles. The van der Waals surface area contributed by atoms with Gasteiger partial charge in [-0.15, -0.1) is 0 Å². The largest absolute Gasteiger partial charge is 0.481 e. The molecule has 21 heavy (non-hydrogen) atoms. The fraction of sp³-hybridized carbons (Fsp3) is 0.769. The summed E-state index contributed by atoms with van der Waals surface area (Å²) >= 11 is 0. The van der Waals surface area contributed by atoms with Crippen molar-refractivity contribution in [2.75, 3.05) is 39.9 Å². The minimum atomic E-state index is -0.953. The fourth-order valence-electron chi connectivity index (χ4n) is 2.15. The van der Waals surface area contributed by atoms with Gasteiger partial charge in [-0.25, -0.2) is 4.79 Å². The van der Waals surface area contributed by atoms with Gasteiger partial charge in [0.05, 0.1) is 19.1 Å². The number of likely N-dealkylation sites (N-methyl/N-ethyl adjacent to an activating group) is 1. The van der Waals surface area contributed by atoms with Crippen LogP contribution >= 0.6 is 0 Å². The molecule has 120 valence electrons. The molecule has 1 rings (SSSR count). The molecule has 8 heteroatoms. The van der Waals surface area contributed by atoms with E-state index in [1.165, 1.54) is 16.8 Å². The van der Waals surface area contributed by atoms with Crippen LogP contribution in [0.3, 0.4) is 0 Å². The number of aliphatic carboxylic acids is 1. The summed E-state index contributed by atoms with van der Waals surface area (Å²) in [5.74, 6) is -1.90. The maximum absolute atomic E-state index is 12.5. The predicted octanol–water partition coefficient (Wildman–Crippen LogP) is -0.404. The first kappa shape index (κ1) is 17.2. The van der Waals surface area contributed by atoms with Crippen molar-refractivity contribution in [3.05, 3.63) is 0 Å². The number of urea groups is 1. The van der Waals surface area contributed by atoms with Crippen LogP contribution in [0.25, 0.3) is 0 Å². The standard InChI is InChI=1S/C13H23N3O5/c1-4-15(7-9(2)12(18)19)13(20)16-5-6-21-8-10(16)11(17)14-3/h9-10H,4-8H2,1-3H3,(H,14,17)(H,18,19). The number of carboxylic acids is 1. The third kappa shape index (κ3) is 4.32. The smallest absolute Gasteiger partial charge is 0.320 e. The first-order valence-electron chi connectivity index (χ1n) is 7.00. The molecule has 8 nitrogen and oxygen atoms in total. The Bertz CT molecular complexity index is 401. The number of ether oxygens (including phenoxy) is 1. The molecule has 0 bridgehead atoms. The Morgan fingerprint density at radius 2 is 2.14 bits per heavy atom. The lowest BCUT2D eigenvalue weighted by Gasteiger charge is -2.38. The van der Waals surface area contributed by atoms with E-state index in [1.807, 2.05) is 0 Å². The molecule has 1 fully saturated rings. The van der Waals surface area contributed by atoms with Gasteiger partial charge in [0.2, 0.25) is 5.91 Å². The van der Waals surface area contributed by atoms with Crippen molar-refractivity contribution in [1.29, 1.82) is 0 Å². The second-order valence-electron chi connectivity index (χ2n) is 4.96. The molecule has 1 saturated heterocycles. The minimum absolute atomic E-state index is 0.114. The molecule has 0 aromatic heterocycles. The van der Waals surface area contributed by atoms with Crippen LogP contribution in [0, 0.1) is 5.92 Å². The van der Waals surface area contributed by atoms with Gasteiger partial charge < -0.3 is 25.0 Å². The molecule has 2 atom stereocenters. The van der Waals surface area contributed by atoms with E-state index in [1.54, 1.807) is 13.8 Å². The SMILES string of the molecule is CCN(CC(C)C(=O)O)C(=O)N1CCOCC1C(=O)NC. The molecule has 1 aliphatic rings. The topological polar surface area (TPSA) is 99.2 Å². The van der Waals surface area contributed by atoms with Crippen LogP contribution in [0.2, 0.25) is 0 Å². The van der Waals surface area contributed by atoms with Gasteiger partial charge in [-0.1, -0.05) is 6.92 Å². The van der Waals surface area contributed by atoms with Crippen molar-refractivity contribution in [2.24, 2.45) is 5.92 Å². The van der Waals surface area contributed by atoms with E-state index in [0.717, 1.165) is 0 Å². The molecule has 1 aliphatic heterocycles. The van der Waals surface area contributed by atoms with Crippen LogP contribution in [0.4, 0.5) is 4.79 Å². The first-order valence-corrected chi connectivity index (χ1v) is 7.00. The van der Waals surface area contributed by atoms with E-state index < -0.39 is 17.9 Å². The number of hydrogen-bond donors (Lipinski definition) is 2. The van der Waals surface area contributed by atoms with Gasteiger partial charge in [0.1, 0.15) is 6.04 Å². The van der Waals surface area contributed by atoms with Crippen LogP contribution in [-0.4, -0.2) is 78.8 Å². The summed E-state index contributed by atoms with van der Waals surface area (Å²) in [6, 6.07) is -1.01. The van der Waals surface area contributed by atoms with Crippen LogP contribution in [0.5, 0.6) is 0 Å². The Morgan fingerprint density at radius 1 is 1.48 bits per heavy atom. The summed E-state index contributed by atoms with van der Waals surface area (Å²) in [6.45, 7) is 4.66. The number of hydrogen-bond acceptors (Lipinski definition) is 4. The van der Waals surface area contributed by atoms with Gasteiger partial charge in [0, 0.05) is 26.7 Å². The lowest BCUT2D eigenvalue weighted by atomic mass is 10.1. The summed E-state index contributed by atoms with van der Waals surface area (Å²) in [7, 11) is 1.50. The van der Waals surface area contributed by atoms with Crippen molar-refractivity contribution in [3.8, 4) is 0 Å². The normalized spacial score (nSPS) is 19.8. The number of rotatable bonds is 5. The van der Waals surface area contributed by atoms with Crippen molar-refractivity contribution in [2.45, 2.75) is 19.9 Å². The van der Waals surface area contributed by atoms with Gasteiger partial charge in [0.25, 0.3) is 0 Å². The monoisotopic (exact) mass is 301 g/mol. The number of carbonyl (C=O) groups is 3. The van der Waals surface area contributed by atoms with Crippen molar-refractivity contribution < 1.29 is 24.2 Å². The highest BCUT2D eigenvalue weighted by Crippen LogP contribution is 2.12. The molecule has 2 N–H and O–H groups in total. The molecular formula is C13H23N3O5. The van der Waals surface area contributed by atoms with E-state index in [2.05, 4.69) is 5.32 Å². The van der Waals surface area contributed by atoms with Crippen LogP contribution < -0.4 is 5.32 Å². The average molecular weight is 301 g/mol. The van der Waals surface area contributed by atoms with Crippen molar-refractivity contribution in [1.82, 2.24) is 15.1 Å². The summed E-state index contributed by atoms with van der Waals surface area (Å²) in [5.41, 5.74) is 0. The van der Waals surface area contributed by atoms with Crippen LogP contribution in [0.1, 0.15) is 13.8 Å². The second kappa shape index (κ2) is 7.82. The zero-order valence-electron chi connectivity index (χ0n) is 12.7. The average Bonchev–Trinajstić information content (AvgIpc) is 2.50. The number of nitrogens with one attached hydrogen (secondary N) is 1. The van der Waals surface area contributed by atoms with Gasteiger partial charge in [0.15, 0.2) is 0 Å². The van der Waals surface area contributed by atoms with E-state index in [4.69, 9.17) is 9.84 Å². The molecule has 0 radical (unpaired) electrons. The molecule has 3 amide bonds. The first-order chi connectivity index (χ1) is 9.92. The lowest BCUT2D eigenvalue weighted by Crippen LogP contribution is -2.59. The Labute approximate surface area is 124 Å².